The quantitative estimate of drug-likeness (QED) is 0.743. The number of nitrogens with two attached hydrogens (primary N) is 1. The summed E-state index contributed by atoms with van der Waals surface area (Å²) < 4.78 is 0. The van der Waals surface area contributed by atoms with Crippen LogP contribution in [0.2, 0.25) is 0 Å². The second kappa shape index (κ2) is 3.14. The number of nitrogens with zero attached hydrogens (tertiary/aromatic N) is 1. The minimum absolute atomic E-state index is 0.304. The first kappa shape index (κ1) is 8.74. The zero-order chi connectivity index (χ0) is 10.1. The molecule has 0 saturated carbocycles. The molecule has 4 heteroatoms. The number of hydrogen-bond acceptors (Lipinski definition) is 2. The number of primary amides is 1. The summed E-state index contributed by atoms with van der Waals surface area (Å²) in [5.74, 6) is -0.637. The van der Waals surface area contributed by atoms with Gasteiger partial charge >= 0.3 is 0 Å². The molecule has 0 bridgehead atoms. The highest BCUT2D eigenvalue weighted by Crippen LogP contribution is 2.22. The van der Waals surface area contributed by atoms with E-state index in [0.717, 1.165) is 16.6 Å². The third-order valence-corrected chi connectivity index (χ3v) is 2.37. The number of imidazole rings is 1. The standard InChI is InChI=1S/C10H11N3O/c1-6(10(11)14)7-3-2-4-8-9(7)13-5-12-8/h2-6H,1H3,(H2,11,14)(H,12,13). The molecule has 1 unspecified atom stereocenters. The van der Waals surface area contributed by atoms with E-state index in [9.17, 15) is 4.79 Å². The van der Waals surface area contributed by atoms with Gasteiger partial charge in [-0.1, -0.05) is 12.1 Å². The number of rotatable bonds is 2. The van der Waals surface area contributed by atoms with Gasteiger partial charge in [-0.25, -0.2) is 4.98 Å². The number of hydrogen-bond donors (Lipinski definition) is 2. The van der Waals surface area contributed by atoms with Crippen LogP contribution >= 0.6 is 0 Å². The van der Waals surface area contributed by atoms with Crippen molar-refractivity contribution >= 4 is 16.9 Å². The van der Waals surface area contributed by atoms with Crippen molar-refractivity contribution in [2.45, 2.75) is 12.8 Å². The molecular formula is C10H11N3O. The molecule has 72 valence electrons. The average Bonchev–Trinajstić information content (AvgIpc) is 2.63. The fraction of sp³-hybridized carbons (Fsp3) is 0.200. The van der Waals surface area contributed by atoms with E-state index in [0.29, 0.717) is 0 Å². The summed E-state index contributed by atoms with van der Waals surface area (Å²) in [5.41, 5.74) is 7.87. The van der Waals surface area contributed by atoms with Crippen molar-refractivity contribution in [3.63, 3.8) is 0 Å². The number of carbonyl (C=O) groups excluding carboxylic acids is 1. The fourth-order valence-electron chi connectivity index (χ4n) is 1.49. The van der Waals surface area contributed by atoms with Crippen LogP contribution in [0.4, 0.5) is 0 Å². The molecule has 1 aromatic heterocycles. The first-order chi connectivity index (χ1) is 6.70. The van der Waals surface area contributed by atoms with E-state index >= 15 is 0 Å². The lowest BCUT2D eigenvalue weighted by Gasteiger charge is -2.07. The van der Waals surface area contributed by atoms with E-state index < -0.39 is 0 Å². The minimum Gasteiger partial charge on any atom is -0.369 e. The number of H-pyrrole nitrogens is 1. The maximum Gasteiger partial charge on any atom is 0.224 e. The van der Waals surface area contributed by atoms with Crippen molar-refractivity contribution in [1.82, 2.24) is 9.97 Å². The van der Waals surface area contributed by atoms with Crippen LogP contribution in [0.25, 0.3) is 11.0 Å². The smallest absolute Gasteiger partial charge is 0.224 e. The van der Waals surface area contributed by atoms with Gasteiger partial charge in [0.05, 0.1) is 23.3 Å². The molecule has 14 heavy (non-hydrogen) atoms. The van der Waals surface area contributed by atoms with E-state index in [-0.39, 0.29) is 11.8 Å². The topological polar surface area (TPSA) is 71.8 Å². The van der Waals surface area contributed by atoms with Crippen molar-refractivity contribution in [2.75, 3.05) is 0 Å². The van der Waals surface area contributed by atoms with Crippen LogP contribution in [-0.2, 0) is 4.79 Å². The van der Waals surface area contributed by atoms with Crippen molar-refractivity contribution in [2.24, 2.45) is 5.73 Å². The lowest BCUT2D eigenvalue weighted by atomic mass is 9.99. The lowest BCUT2D eigenvalue weighted by molar-refractivity contribution is -0.119. The Labute approximate surface area is 81.1 Å². The predicted octanol–water partition coefficient (Wildman–Crippen LogP) is 1.15. The van der Waals surface area contributed by atoms with Gasteiger partial charge in [-0.2, -0.15) is 0 Å². The second-order valence-corrected chi connectivity index (χ2v) is 3.27. The molecule has 0 radical (unpaired) electrons. The van der Waals surface area contributed by atoms with Crippen molar-refractivity contribution < 1.29 is 4.79 Å². The Hall–Kier alpha value is -1.84. The molecule has 0 saturated heterocycles. The van der Waals surface area contributed by atoms with Gasteiger partial charge in [-0.05, 0) is 18.6 Å². The van der Waals surface area contributed by atoms with Gasteiger partial charge in [0.25, 0.3) is 0 Å². The summed E-state index contributed by atoms with van der Waals surface area (Å²) in [4.78, 5) is 18.2. The number of fused-ring (bicyclic) bond motifs is 1. The summed E-state index contributed by atoms with van der Waals surface area (Å²) >= 11 is 0. The summed E-state index contributed by atoms with van der Waals surface area (Å²) in [6.07, 6.45) is 1.61. The summed E-state index contributed by atoms with van der Waals surface area (Å²) in [5, 5.41) is 0. The highest BCUT2D eigenvalue weighted by Gasteiger charge is 2.15. The Bertz CT molecular complexity index is 475. The number of para-hydroxylation sites is 1. The van der Waals surface area contributed by atoms with E-state index in [1.165, 1.54) is 0 Å². The van der Waals surface area contributed by atoms with Crippen LogP contribution in [-0.4, -0.2) is 15.9 Å². The Morgan fingerprint density at radius 1 is 1.57 bits per heavy atom. The lowest BCUT2D eigenvalue weighted by Crippen LogP contribution is -2.18. The van der Waals surface area contributed by atoms with Gasteiger partial charge in [-0.15, -0.1) is 0 Å². The van der Waals surface area contributed by atoms with Crippen LogP contribution < -0.4 is 5.73 Å². The molecule has 3 N–H and O–H groups in total. The van der Waals surface area contributed by atoms with Crippen LogP contribution in [0.15, 0.2) is 24.5 Å². The summed E-state index contributed by atoms with van der Waals surface area (Å²) in [6.45, 7) is 1.78. The van der Waals surface area contributed by atoms with Crippen molar-refractivity contribution in [1.29, 1.82) is 0 Å². The molecule has 2 aromatic rings. The Morgan fingerprint density at radius 3 is 3.07 bits per heavy atom. The van der Waals surface area contributed by atoms with Gasteiger partial charge in [0.1, 0.15) is 0 Å². The molecule has 1 atom stereocenters. The molecule has 4 nitrogen and oxygen atoms in total. The SMILES string of the molecule is CC(C(N)=O)c1cccc2[nH]cnc12. The molecule has 0 aliphatic heterocycles. The number of nitrogens with one attached hydrogen (secondary N) is 1. The zero-order valence-corrected chi connectivity index (χ0v) is 7.82. The zero-order valence-electron chi connectivity index (χ0n) is 7.82. The van der Waals surface area contributed by atoms with Gasteiger partial charge in [0, 0.05) is 0 Å². The molecule has 1 aromatic carbocycles. The largest absolute Gasteiger partial charge is 0.369 e. The third-order valence-electron chi connectivity index (χ3n) is 2.37. The van der Waals surface area contributed by atoms with E-state index in [1.807, 2.05) is 18.2 Å². The highest BCUT2D eigenvalue weighted by atomic mass is 16.1. The summed E-state index contributed by atoms with van der Waals surface area (Å²) in [6, 6.07) is 5.67. The highest BCUT2D eigenvalue weighted by molar-refractivity contribution is 5.88. The van der Waals surface area contributed by atoms with Gasteiger partial charge in [0.15, 0.2) is 0 Å². The first-order valence-electron chi connectivity index (χ1n) is 4.41. The molecule has 1 amide bonds. The Morgan fingerprint density at radius 2 is 2.36 bits per heavy atom. The number of aromatic amines is 1. The number of benzene rings is 1. The minimum atomic E-state index is -0.333. The molecule has 0 aliphatic carbocycles. The van der Waals surface area contributed by atoms with Crippen LogP contribution in [0.1, 0.15) is 18.4 Å². The van der Waals surface area contributed by atoms with Crippen molar-refractivity contribution in [3.8, 4) is 0 Å². The fourth-order valence-corrected chi connectivity index (χ4v) is 1.49. The third kappa shape index (κ3) is 1.25. The number of amides is 1. The van der Waals surface area contributed by atoms with E-state index in [1.54, 1.807) is 13.3 Å². The number of aromatic nitrogens is 2. The molecular weight excluding hydrogens is 178 g/mol. The normalized spacial score (nSPS) is 12.9. The van der Waals surface area contributed by atoms with E-state index in [2.05, 4.69) is 9.97 Å². The maximum atomic E-state index is 11.0. The molecule has 0 spiro atoms. The second-order valence-electron chi connectivity index (χ2n) is 3.27. The molecule has 0 aliphatic rings. The Kier molecular flexibility index (Phi) is 1.96. The van der Waals surface area contributed by atoms with Gasteiger partial charge in [0.2, 0.25) is 5.91 Å². The predicted molar refractivity (Wildman–Crippen MR) is 53.7 cm³/mol. The van der Waals surface area contributed by atoms with Crippen LogP contribution in [0, 0.1) is 0 Å². The maximum absolute atomic E-state index is 11.0. The molecule has 2 rings (SSSR count). The molecule has 0 fully saturated rings. The van der Waals surface area contributed by atoms with Crippen LogP contribution in [0.5, 0.6) is 0 Å². The van der Waals surface area contributed by atoms with Gasteiger partial charge < -0.3 is 10.7 Å². The summed E-state index contributed by atoms with van der Waals surface area (Å²) in [7, 11) is 0. The molecule has 1 heterocycles. The first-order valence-corrected chi connectivity index (χ1v) is 4.41. The average molecular weight is 189 g/mol. The van der Waals surface area contributed by atoms with E-state index in [4.69, 9.17) is 5.73 Å². The Balaban J connectivity index is 2.61. The van der Waals surface area contributed by atoms with Crippen LogP contribution in [0.3, 0.4) is 0 Å². The van der Waals surface area contributed by atoms with Crippen molar-refractivity contribution in [3.05, 3.63) is 30.1 Å². The monoisotopic (exact) mass is 189 g/mol. The van der Waals surface area contributed by atoms with Gasteiger partial charge in [-0.3, -0.25) is 4.79 Å². The number of carbonyl (C=O) groups is 1.